The highest BCUT2D eigenvalue weighted by Gasteiger charge is 2.16. The predicted molar refractivity (Wildman–Crippen MR) is 92.1 cm³/mol. The van der Waals surface area contributed by atoms with Crippen LogP contribution in [-0.2, 0) is 19.3 Å². The summed E-state index contributed by atoms with van der Waals surface area (Å²) >= 11 is 2.04. The van der Waals surface area contributed by atoms with Crippen molar-refractivity contribution in [3.63, 3.8) is 0 Å². The Morgan fingerprint density at radius 1 is 1.14 bits per heavy atom. The zero-order valence-electron chi connectivity index (χ0n) is 12.9. The van der Waals surface area contributed by atoms with Crippen molar-refractivity contribution >= 4 is 11.3 Å². The van der Waals surface area contributed by atoms with E-state index in [0.29, 0.717) is 6.04 Å². The SMILES string of the molecule is CC(NCCCc1ccccc1)c1cc2c(s1)CCCC2. The van der Waals surface area contributed by atoms with Crippen LogP contribution < -0.4 is 5.32 Å². The first kappa shape index (κ1) is 14.8. The van der Waals surface area contributed by atoms with Gasteiger partial charge >= 0.3 is 0 Å². The van der Waals surface area contributed by atoms with Gasteiger partial charge < -0.3 is 5.32 Å². The lowest BCUT2D eigenvalue weighted by Gasteiger charge is -2.12. The summed E-state index contributed by atoms with van der Waals surface area (Å²) in [5, 5.41) is 3.69. The molecule has 0 spiro atoms. The number of benzene rings is 1. The van der Waals surface area contributed by atoms with E-state index in [1.165, 1.54) is 49.0 Å². The number of thiophene rings is 1. The van der Waals surface area contributed by atoms with Crippen molar-refractivity contribution in [2.24, 2.45) is 0 Å². The highest BCUT2D eigenvalue weighted by atomic mass is 32.1. The van der Waals surface area contributed by atoms with Crippen LogP contribution in [-0.4, -0.2) is 6.54 Å². The summed E-state index contributed by atoms with van der Waals surface area (Å²) in [6, 6.07) is 13.7. The molecule has 1 heterocycles. The van der Waals surface area contributed by atoms with Gasteiger partial charge in [-0.25, -0.2) is 0 Å². The van der Waals surface area contributed by atoms with Crippen LogP contribution in [0.1, 0.15) is 53.1 Å². The third-order valence-electron chi connectivity index (χ3n) is 4.38. The van der Waals surface area contributed by atoms with E-state index >= 15 is 0 Å². The second-order valence-electron chi connectivity index (χ2n) is 6.07. The first-order chi connectivity index (χ1) is 10.3. The first-order valence-electron chi connectivity index (χ1n) is 8.22. The summed E-state index contributed by atoms with van der Waals surface area (Å²) < 4.78 is 0. The highest BCUT2D eigenvalue weighted by molar-refractivity contribution is 7.12. The first-order valence-corrected chi connectivity index (χ1v) is 9.03. The fourth-order valence-corrected chi connectivity index (χ4v) is 4.37. The number of fused-ring (bicyclic) bond motifs is 1. The normalized spacial score (nSPS) is 15.7. The molecule has 3 rings (SSSR count). The minimum Gasteiger partial charge on any atom is -0.309 e. The van der Waals surface area contributed by atoms with Crippen LogP contribution in [0.2, 0.25) is 0 Å². The van der Waals surface area contributed by atoms with E-state index in [1.807, 2.05) is 11.3 Å². The van der Waals surface area contributed by atoms with E-state index in [-0.39, 0.29) is 0 Å². The molecule has 1 aliphatic carbocycles. The number of nitrogens with one attached hydrogen (secondary N) is 1. The van der Waals surface area contributed by atoms with Crippen LogP contribution in [0.25, 0.3) is 0 Å². The standard InChI is InChI=1S/C19H25NS/c1-15(19-14-17-11-5-6-12-18(17)21-19)20-13-7-10-16-8-3-2-4-9-16/h2-4,8-9,14-15,20H,5-7,10-13H2,1H3. The van der Waals surface area contributed by atoms with Gasteiger partial charge in [-0.1, -0.05) is 30.3 Å². The Bertz CT molecular complexity index is 535. The average Bonchev–Trinajstić information content (AvgIpc) is 2.96. The lowest BCUT2D eigenvalue weighted by Crippen LogP contribution is -2.19. The van der Waals surface area contributed by atoms with Crippen molar-refractivity contribution < 1.29 is 0 Å². The molecule has 1 N–H and O–H groups in total. The molecular formula is C19H25NS. The van der Waals surface area contributed by atoms with Crippen LogP contribution in [0.5, 0.6) is 0 Å². The molecule has 2 heteroatoms. The van der Waals surface area contributed by atoms with Crippen LogP contribution in [0.4, 0.5) is 0 Å². The molecule has 2 aromatic rings. The number of hydrogen-bond acceptors (Lipinski definition) is 2. The average molecular weight is 299 g/mol. The van der Waals surface area contributed by atoms with E-state index < -0.39 is 0 Å². The quantitative estimate of drug-likeness (QED) is 0.747. The van der Waals surface area contributed by atoms with Gasteiger partial charge in [-0.2, -0.15) is 0 Å². The molecule has 21 heavy (non-hydrogen) atoms. The molecule has 0 bridgehead atoms. The molecule has 0 saturated heterocycles. The molecule has 1 aliphatic rings. The summed E-state index contributed by atoms with van der Waals surface area (Å²) in [5.41, 5.74) is 3.07. The minimum absolute atomic E-state index is 0.497. The van der Waals surface area contributed by atoms with Gasteiger partial charge in [0.25, 0.3) is 0 Å². The summed E-state index contributed by atoms with van der Waals surface area (Å²) in [6.45, 7) is 3.40. The zero-order valence-corrected chi connectivity index (χ0v) is 13.7. The largest absolute Gasteiger partial charge is 0.309 e. The Morgan fingerprint density at radius 3 is 2.76 bits per heavy atom. The van der Waals surface area contributed by atoms with Gasteiger partial charge in [-0.3, -0.25) is 0 Å². The van der Waals surface area contributed by atoms with Crippen molar-refractivity contribution in [1.82, 2.24) is 5.32 Å². The number of aryl methyl sites for hydroxylation is 3. The second-order valence-corrected chi connectivity index (χ2v) is 7.24. The van der Waals surface area contributed by atoms with Gasteiger partial charge in [0.05, 0.1) is 0 Å². The smallest absolute Gasteiger partial charge is 0.0386 e. The summed E-state index contributed by atoms with van der Waals surface area (Å²) in [6.07, 6.45) is 7.74. The van der Waals surface area contributed by atoms with Crippen molar-refractivity contribution in [3.05, 3.63) is 57.3 Å². The molecule has 1 aromatic heterocycles. The Hall–Kier alpha value is -1.12. The second kappa shape index (κ2) is 7.24. The fraction of sp³-hybridized carbons (Fsp3) is 0.474. The van der Waals surface area contributed by atoms with Crippen LogP contribution in [0.3, 0.4) is 0 Å². The molecule has 1 nitrogen and oxygen atoms in total. The van der Waals surface area contributed by atoms with Crippen LogP contribution >= 0.6 is 11.3 Å². The van der Waals surface area contributed by atoms with Crippen LogP contribution in [0, 0.1) is 0 Å². The van der Waals surface area contributed by atoms with E-state index in [1.54, 1.807) is 10.4 Å². The summed E-state index contributed by atoms with van der Waals surface area (Å²) in [5.74, 6) is 0. The summed E-state index contributed by atoms with van der Waals surface area (Å²) in [4.78, 5) is 3.18. The molecule has 1 unspecified atom stereocenters. The molecule has 1 aromatic carbocycles. The molecule has 0 saturated carbocycles. The Labute approximate surface area is 132 Å². The molecule has 0 amide bonds. The van der Waals surface area contributed by atoms with Crippen molar-refractivity contribution in [2.45, 2.75) is 51.5 Å². The topological polar surface area (TPSA) is 12.0 Å². The Balaban J connectivity index is 1.46. The lowest BCUT2D eigenvalue weighted by atomic mass is 9.99. The van der Waals surface area contributed by atoms with Crippen LogP contribution in [0.15, 0.2) is 36.4 Å². The zero-order chi connectivity index (χ0) is 14.5. The van der Waals surface area contributed by atoms with E-state index in [2.05, 4.69) is 48.6 Å². The van der Waals surface area contributed by atoms with E-state index in [4.69, 9.17) is 0 Å². The van der Waals surface area contributed by atoms with Gasteiger partial charge in [0.15, 0.2) is 0 Å². The number of hydrogen-bond donors (Lipinski definition) is 1. The minimum atomic E-state index is 0.497. The lowest BCUT2D eigenvalue weighted by molar-refractivity contribution is 0.565. The van der Waals surface area contributed by atoms with Crippen molar-refractivity contribution in [3.8, 4) is 0 Å². The van der Waals surface area contributed by atoms with Gasteiger partial charge in [0.1, 0.15) is 0 Å². The van der Waals surface area contributed by atoms with Gasteiger partial charge in [-0.05, 0) is 69.2 Å². The van der Waals surface area contributed by atoms with E-state index in [0.717, 1.165) is 6.54 Å². The maximum Gasteiger partial charge on any atom is 0.0386 e. The fourth-order valence-electron chi connectivity index (χ4n) is 3.08. The van der Waals surface area contributed by atoms with Gasteiger partial charge in [-0.15, -0.1) is 11.3 Å². The Morgan fingerprint density at radius 2 is 1.95 bits per heavy atom. The molecule has 1 atom stereocenters. The van der Waals surface area contributed by atoms with E-state index in [9.17, 15) is 0 Å². The molecule has 0 fully saturated rings. The molecule has 0 radical (unpaired) electrons. The number of rotatable bonds is 6. The van der Waals surface area contributed by atoms with Crippen molar-refractivity contribution in [2.75, 3.05) is 6.54 Å². The molecular weight excluding hydrogens is 274 g/mol. The molecule has 0 aliphatic heterocycles. The van der Waals surface area contributed by atoms with Crippen molar-refractivity contribution in [1.29, 1.82) is 0 Å². The third kappa shape index (κ3) is 3.96. The predicted octanol–water partition coefficient (Wildman–Crippen LogP) is 4.91. The maximum atomic E-state index is 3.69. The van der Waals surface area contributed by atoms with Gasteiger partial charge in [0, 0.05) is 15.8 Å². The third-order valence-corrected chi connectivity index (χ3v) is 5.80. The summed E-state index contributed by atoms with van der Waals surface area (Å²) in [7, 11) is 0. The highest BCUT2D eigenvalue weighted by Crippen LogP contribution is 2.32. The maximum absolute atomic E-state index is 3.69. The van der Waals surface area contributed by atoms with Gasteiger partial charge in [0.2, 0.25) is 0 Å². The Kier molecular flexibility index (Phi) is 5.10. The monoisotopic (exact) mass is 299 g/mol. The molecule has 112 valence electrons.